The van der Waals surface area contributed by atoms with Gasteiger partial charge in [-0.05, 0) is 48.1 Å². The minimum absolute atomic E-state index is 0.260. The molecule has 1 aliphatic heterocycles. The summed E-state index contributed by atoms with van der Waals surface area (Å²) in [4.78, 5) is 13.1. The van der Waals surface area contributed by atoms with Crippen molar-refractivity contribution in [2.45, 2.75) is 19.9 Å². The first-order valence-electron chi connectivity index (χ1n) is 5.72. The number of nitrogens with one attached hydrogen (secondary N) is 2. The standard InChI is InChI=1S/C12H13BrN2O2S2/c1-3-17-11(16)9-6(2)14-12(18)15-10(9)8-4-7(13)5-19-8/h4-5,10H,3H2,1-2H3,(H2,14,15,18). The number of carbonyl (C=O) groups is 1. The molecule has 1 atom stereocenters. The molecule has 102 valence electrons. The lowest BCUT2D eigenvalue weighted by atomic mass is 10.0. The minimum Gasteiger partial charge on any atom is -0.463 e. The molecule has 0 amide bonds. The lowest BCUT2D eigenvalue weighted by molar-refractivity contribution is -0.139. The van der Waals surface area contributed by atoms with E-state index in [4.69, 9.17) is 17.0 Å². The Morgan fingerprint density at radius 1 is 1.63 bits per heavy atom. The Bertz CT molecular complexity index is 554. The molecule has 2 heterocycles. The average Bonchev–Trinajstić information content (AvgIpc) is 2.75. The topological polar surface area (TPSA) is 50.4 Å². The Morgan fingerprint density at radius 3 is 2.95 bits per heavy atom. The number of thiophene rings is 1. The number of esters is 1. The average molecular weight is 361 g/mol. The summed E-state index contributed by atoms with van der Waals surface area (Å²) in [6, 6.07) is 1.71. The Labute approximate surface area is 129 Å². The van der Waals surface area contributed by atoms with Crippen molar-refractivity contribution in [1.82, 2.24) is 10.6 Å². The maximum absolute atomic E-state index is 12.1. The maximum atomic E-state index is 12.1. The molecule has 0 aromatic carbocycles. The molecule has 1 aromatic heterocycles. The van der Waals surface area contributed by atoms with Crippen LogP contribution in [0.15, 0.2) is 27.2 Å². The first kappa shape index (κ1) is 14.5. The second-order valence-electron chi connectivity index (χ2n) is 3.96. The van der Waals surface area contributed by atoms with Gasteiger partial charge in [-0.2, -0.15) is 0 Å². The molecule has 0 saturated carbocycles. The summed E-state index contributed by atoms with van der Waals surface area (Å²) >= 11 is 10.1. The highest BCUT2D eigenvalue weighted by atomic mass is 79.9. The van der Waals surface area contributed by atoms with Crippen molar-refractivity contribution >= 4 is 50.6 Å². The normalized spacial score (nSPS) is 18.9. The fourth-order valence-electron chi connectivity index (χ4n) is 1.87. The van der Waals surface area contributed by atoms with Gasteiger partial charge in [0.05, 0.1) is 18.2 Å². The molecule has 2 N–H and O–H groups in total. The number of hydrogen-bond acceptors (Lipinski definition) is 4. The van der Waals surface area contributed by atoms with Gasteiger partial charge in [0.25, 0.3) is 0 Å². The smallest absolute Gasteiger partial charge is 0.338 e. The molecular formula is C12H13BrN2O2S2. The zero-order valence-electron chi connectivity index (χ0n) is 10.5. The highest BCUT2D eigenvalue weighted by molar-refractivity contribution is 9.10. The van der Waals surface area contributed by atoms with E-state index in [1.54, 1.807) is 18.3 Å². The summed E-state index contributed by atoms with van der Waals surface area (Å²) in [6.45, 7) is 3.97. The molecule has 1 aromatic rings. The molecule has 7 heteroatoms. The maximum Gasteiger partial charge on any atom is 0.338 e. The second kappa shape index (κ2) is 6.02. The lowest BCUT2D eigenvalue weighted by Crippen LogP contribution is -2.44. The highest BCUT2D eigenvalue weighted by Gasteiger charge is 2.31. The monoisotopic (exact) mass is 360 g/mol. The van der Waals surface area contributed by atoms with Gasteiger partial charge in [0.1, 0.15) is 0 Å². The Balaban J connectivity index is 2.40. The molecule has 0 radical (unpaired) electrons. The van der Waals surface area contributed by atoms with Crippen LogP contribution in [0.25, 0.3) is 0 Å². The van der Waals surface area contributed by atoms with Gasteiger partial charge in [0.2, 0.25) is 0 Å². The predicted molar refractivity (Wildman–Crippen MR) is 83.0 cm³/mol. The van der Waals surface area contributed by atoms with Crippen LogP contribution in [0.3, 0.4) is 0 Å². The molecule has 4 nitrogen and oxygen atoms in total. The molecule has 0 spiro atoms. The quantitative estimate of drug-likeness (QED) is 0.641. The molecule has 1 unspecified atom stereocenters. The lowest BCUT2D eigenvalue weighted by Gasteiger charge is -2.28. The van der Waals surface area contributed by atoms with Crippen LogP contribution in [-0.2, 0) is 9.53 Å². The summed E-state index contributed by atoms with van der Waals surface area (Å²) in [5.74, 6) is -0.322. The molecule has 0 aliphatic carbocycles. The first-order chi connectivity index (χ1) is 9.02. The molecule has 1 aliphatic rings. The molecule has 0 bridgehead atoms. The third-order valence-corrected chi connectivity index (χ3v) is 4.62. The summed E-state index contributed by atoms with van der Waals surface area (Å²) in [6.07, 6.45) is 0. The van der Waals surface area contributed by atoms with Crippen LogP contribution in [0.1, 0.15) is 24.8 Å². The van der Waals surface area contributed by atoms with Crippen LogP contribution in [0.4, 0.5) is 0 Å². The number of ether oxygens (including phenoxy) is 1. The number of carbonyl (C=O) groups excluding carboxylic acids is 1. The van der Waals surface area contributed by atoms with Gasteiger partial charge in [0.15, 0.2) is 5.11 Å². The SMILES string of the molecule is CCOC(=O)C1=C(C)NC(=S)NC1c1cc(Br)cs1. The van der Waals surface area contributed by atoms with Crippen LogP contribution in [-0.4, -0.2) is 17.7 Å². The first-order valence-corrected chi connectivity index (χ1v) is 7.80. The van der Waals surface area contributed by atoms with Gasteiger partial charge >= 0.3 is 5.97 Å². The Kier molecular flexibility index (Phi) is 4.59. The van der Waals surface area contributed by atoms with Crippen molar-refractivity contribution in [1.29, 1.82) is 0 Å². The van der Waals surface area contributed by atoms with Gasteiger partial charge in [-0.25, -0.2) is 4.79 Å². The zero-order chi connectivity index (χ0) is 14.0. The van der Waals surface area contributed by atoms with Gasteiger partial charge in [0, 0.05) is 20.4 Å². The van der Waals surface area contributed by atoms with Crippen molar-refractivity contribution in [3.8, 4) is 0 Å². The van der Waals surface area contributed by atoms with Crippen LogP contribution < -0.4 is 10.6 Å². The van der Waals surface area contributed by atoms with Gasteiger partial charge in [-0.15, -0.1) is 11.3 Å². The highest BCUT2D eigenvalue weighted by Crippen LogP contribution is 2.33. The van der Waals surface area contributed by atoms with E-state index in [9.17, 15) is 4.79 Å². The van der Waals surface area contributed by atoms with Crippen molar-refractivity contribution < 1.29 is 9.53 Å². The number of allylic oxidation sites excluding steroid dienone is 1. The molecule has 0 saturated heterocycles. The van der Waals surface area contributed by atoms with Crippen LogP contribution in [0.5, 0.6) is 0 Å². The van der Waals surface area contributed by atoms with Crippen LogP contribution in [0, 0.1) is 0 Å². The number of rotatable bonds is 3. The van der Waals surface area contributed by atoms with E-state index in [2.05, 4.69) is 26.6 Å². The van der Waals surface area contributed by atoms with Crippen molar-refractivity contribution in [2.24, 2.45) is 0 Å². The van der Waals surface area contributed by atoms with Crippen LogP contribution in [0.2, 0.25) is 0 Å². The van der Waals surface area contributed by atoms with Gasteiger partial charge in [-0.3, -0.25) is 0 Å². The zero-order valence-corrected chi connectivity index (χ0v) is 13.7. The Hall–Kier alpha value is -0.920. The molecular weight excluding hydrogens is 348 g/mol. The van der Waals surface area contributed by atoms with E-state index in [-0.39, 0.29) is 12.0 Å². The third kappa shape index (κ3) is 3.16. The van der Waals surface area contributed by atoms with Gasteiger partial charge < -0.3 is 15.4 Å². The molecule has 0 fully saturated rings. The van der Waals surface area contributed by atoms with E-state index < -0.39 is 0 Å². The summed E-state index contributed by atoms with van der Waals surface area (Å²) < 4.78 is 6.10. The van der Waals surface area contributed by atoms with Crippen molar-refractivity contribution in [2.75, 3.05) is 6.61 Å². The predicted octanol–water partition coefficient (Wildman–Crippen LogP) is 2.87. The van der Waals surface area contributed by atoms with Gasteiger partial charge in [-0.1, -0.05) is 0 Å². The second-order valence-corrected chi connectivity index (χ2v) is 6.22. The number of thiocarbonyl (C=S) groups is 1. The molecule has 19 heavy (non-hydrogen) atoms. The van der Waals surface area contributed by atoms with E-state index in [1.165, 1.54) is 0 Å². The summed E-state index contributed by atoms with van der Waals surface area (Å²) in [7, 11) is 0. The van der Waals surface area contributed by atoms with E-state index >= 15 is 0 Å². The van der Waals surface area contributed by atoms with E-state index in [1.807, 2.05) is 18.4 Å². The minimum atomic E-state index is -0.322. The molecule has 2 rings (SSSR count). The third-order valence-electron chi connectivity index (χ3n) is 2.64. The summed E-state index contributed by atoms with van der Waals surface area (Å²) in [5, 5.41) is 8.57. The van der Waals surface area contributed by atoms with E-state index in [0.717, 1.165) is 15.0 Å². The van der Waals surface area contributed by atoms with Crippen LogP contribution >= 0.6 is 39.5 Å². The largest absolute Gasteiger partial charge is 0.463 e. The van der Waals surface area contributed by atoms with E-state index in [0.29, 0.717) is 17.3 Å². The fourth-order valence-corrected chi connectivity index (χ4v) is 3.64. The summed E-state index contributed by atoms with van der Waals surface area (Å²) in [5.41, 5.74) is 1.31. The van der Waals surface area contributed by atoms with Crippen molar-refractivity contribution in [3.63, 3.8) is 0 Å². The fraction of sp³-hybridized carbons (Fsp3) is 0.333. The number of halogens is 1. The Morgan fingerprint density at radius 2 is 2.37 bits per heavy atom. The van der Waals surface area contributed by atoms with Crippen molar-refractivity contribution in [3.05, 3.63) is 32.1 Å². The number of hydrogen-bond donors (Lipinski definition) is 2.